The van der Waals surface area contributed by atoms with E-state index in [-0.39, 0.29) is 4.70 Å². The lowest BCUT2D eigenvalue weighted by atomic mass is 10.7. The van der Waals surface area contributed by atoms with Crippen LogP contribution in [0.5, 0.6) is 0 Å². The molecule has 0 bridgehead atoms. The monoisotopic (exact) mass is 168 g/mol. The minimum Gasteiger partial charge on any atom is -0.451 e. The number of furan rings is 1. The lowest BCUT2D eigenvalue weighted by Crippen LogP contribution is -1.94. The lowest BCUT2D eigenvalue weighted by molar-refractivity contribution is 0.407. The van der Waals surface area contributed by atoms with Crippen LogP contribution in [0.1, 0.15) is 0 Å². The summed E-state index contributed by atoms with van der Waals surface area (Å²) in [4.78, 5) is 0. The Morgan fingerprint density at radius 1 is 1.50 bits per heavy atom. The highest BCUT2D eigenvalue weighted by Crippen LogP contribution is 2.06. The summed E-state index contributed by atoms with van der Waals surface area (Å²) in [6.45, 7) is 0. The molecule has 4 nitrogen and oxygen atoms in total. The SMILES string of the molecule is F.O=S(=O)(O)c1ccco1. The van der Waals surface area contributed by atoms with Crippen molar-refractivity contribution in [2.24, 2.45) is 0 Å². The molecular weight excluding hydrogens is 163 g/mol. The van der Waals surface area contributed by atoms with Crippen molar-refractivity contribution in [1.29, 1.82) is 0 Å². The van der Waals surface area contributed by atoms with E-state index in [4.69, 9.17) is 4.55 Å². The largest absolute Gasteiger partial charge is 0.451 e. The van der Waals surface area contributed by atoms with Gasteiger partial charge in [0.1, 0.15) is 0 Å². The average Bonchev–Trinajstić information content (AvgIpc) is 2.08. The predicted octanol–water partition coefficient (Wildman–Crippen LogP) is 0.679. The highest BCUT2D eigenvalue weighted by atomic mass is 32.2. The van der Waals surface area contributed by atoms with E-state index in [1.165, 1.54) is 12.3 Å². The summed E-state index contributed by atoms with van der Waals surface area (Å²) in [5.74, 6) is 0. The van der Waals surface area contributed by atoms with Crippen LogP contribution < -0.4 is 0 Å². The predicted molar refractivity (Wildman–Crippen MR) is 31.0 cm³/mol. The summed E-state index contributed by atoms with van der Waals surface area (Å²) in [6.07, 6.45) is 1.17. The van der Waals surface area contributed by atoms with Crippen LogP contribution in [-0.4, -0.2) is 13.0 Å². The zero-order chi connectivity index (χ0) is 6.91. The summed E-state index contributed by atoms with van der Waals surface area (Å²) in [5.41, 5.74) is 0. The van der Waals surface area contributed by atoms with Gasteiger partial charge in [-0.2, -0.15) is 8.42 Å². The third-order valence-corrected chi connectivity index (χ3v) is 1.49. The van der Waals surface area contributed by atoms with Gasteiger partial charge in [-0.15, -0.1) is 0 Å². The number of hydrogen-bond acceptors (Lipinski definition) is 3. The fourth-order valence-electron chi connectivity index (χ4n) is 0.410. The second-order valence-corrected chi connectivity index (χ2v) is 2.76. The van der Waals surface area contributed by atoms with Gasteiger partial charge in [0.05, 0.1) is 6.26 Å². The third kappa shape index (κ3) is 1.82. The van der Waals surface area contributed by atoms with Gasteiger partial charge in [0.25, 0.3) is 0 Å². The lowest BCUT2D eigenvalue weighted by Gasteiger charge is -1.84. The molecule has 0 amide bonds. The van der Waals surface area contributed by atoms with Crippen LogP contribution in [0.4, 0.5) is 4.70 Å². The average molecular weight is 168 g/mol. The van der Waals surface area contributed by atoms with Gasteiger partial charge in [-0.05, 0) is 12.1 Å². The first-order valence-corrected chi connectivity index (χ1v) is 3.56. The molecular formula is C4H5FO4S. The standard InChI is InChI=1S/C4H4O4S.FH/c5-9(6,7)4-2-1-3-8-4;/h1-3H,(H,5,6,7);1H. The Hall–Kier alpha value is -0.880. The van der Waals surface area contributed by atoms with Crippen LogP contribution in [-0.2, 0) is 10.1 Å². The Bertz CT molecular complexity index is 274. The van der Waals surface area contributed by atoms with Crippen molar-refractivity contribution < 1.29 is 22.1 Å². The first-order chi connectivity index (χ1) is 4.11. The Labute approximate surface area is 56.6 Å². The van der Waals surface area contributed by atoms with Gasteiger partial charge in [0.2, 0.25) is 5.09 Å². The molecule has 58 valence electrons. The molecule has 0 unspecified atom stereocenters. The Balaban J connectivity index is 0.000000810. The highest BCUT2D eigenvalue weighted by molar-refractivity contribution is 7.85. The van der Waals surface area contributed by atoms with Crippen LogP contribution in [0.15, 0.2) is 27.9 Å². The first-order valence-electron chi connectivity index (χ1n) is 2.12. The van der Waals surface area contributed by atoms with Gasteiger partial charge in [0, 0.05) is 0 Å². The summed E-state index contributed by atoms with van der Waals surface area (Å²) in [6, 6.07) is 2.54. The van der Waals surface area contributed by atoms with Gasteiger partial charge < -0.3 is 4.42 Å². The van der Waals surface area contributed by atoms with Gasteiger partial charge in [-0.25, -0.2) is 0 Å². The maximum absolute atomic E-state index is 10.2. The molecule has 1 N–H and O–H groups in total. The quantitative estimate of drug-likeness (QED) is 0.626. The number of rotatable bonds is 1. The summed E-state index contributed by atoms with van der Waals surface area (Å²) >= 11 is 0. The van der Waals surface area contributed by atoms with Crippen LogP contribution in [0, 0.1) is 0 Å². The molecule has 0 saturated heterocycles. The molecule has 0 fully saturated rings. The van der Waals surface area contributed by atoms with E-state index in [0.29, 0.717) is 0 Å². The molecule has 0 aliphatic carbocycles. The van der Waals surface area contributed by atoms with E-state index < -0.39 is 15.2 Å². The van der Waals surface area contributed by atoms with E-state index in [1.807, 2.05) is 0 Å². The molecule has 1 aromatic heterocycles. The molecule has 0 radical (unpaired) electrons. The molecule has 1 rings (SSSR count). The third-order valence-electron chi connectivity index (χ3n) is 0.749. The van der Waals surface area contributed by atoms with Crippen molar-refractivity contribution in [3.8, 4) is 0 Å². The molecule has 1 aromatic rings. The molecule has 6 heteroatoms. The minimum atomic E-state index is -4.13. The molecule has 0 spiro atoms. The number of halogens is 1. The fourth-order valence-corrected chi connectivity index (χ4v) is 0.838. The molecule has 0 aliphatic rings. The van der Waals surface area contributed by atoms with Crippen LogP contribution in [0.25, 0.3) is 0 Å². The van der Waals surface area contributed by atoms with Gasteiger partial charge >= 0.3 is 10.1 Å². The van der Waals surface area contributed by atoms with Crippen molar-refractivity contribution in [2.45, 2.75) is 5.09 Å². The van der Waals surface area contributed by atoms with E-state index in [9.17, 15) is 8.42 Å². The summed E-state index contributed by atoms with van der Waals surface area (Å²) < 4.78 is 32.9. The Morgan fingerprint density at radius 3 is 2.30 bits per heavy atom. The highest BCUT2D eigenvalue weighted by Gasteiger charge is 2.10. The van der Waals surface area contributed by atoms with E-state index in [0.717, 1.165) is 6.07 Å². The maximum atomic E-state index is 10.2. The van der Waals surface area contributed by atoms with Gasteiger partial charge in [-0.3, -0.25) is 9.26 Å². The van der Waals surface area contributed by atoms with Crippen molar-refractivity contribution in [1.82, 2.24) is 0 Å². The Kier molecular flexibility index (Phi) is 2.56. The Morgan fingerprint density at radius 2 is 2.10 bits per heavy atom. The first kappa shape index (κ1) is 9.12. The van der Waals surface area contributed by atoms with Crippen LogP contribution >= 0.6 is 0 Å². The van der Waals surface area contributed by atoms with E-state index in [2.05, 4.69) is 4.42 Å². The van der Waals surface area contributed by atoms with Crippen molar-refractivity contribution in [2.75, 3.05) is 0 Å². The topological polar surface area (TPSA) is 67.5 Å². The zero-order valence-corrected chi connectivity index (χ0v) is 5.54. The second-order valence-electron chi connectivity index (χ2n) is 1.41. The van der Waals surface area contributed by atoms with Crippen LogP contribution in [0.2, 0.25) is 0 Å². The van der Waals surface area contributed by atoms with Gasteiger partial charge in [0.15, 0.2) is 0 Å². The number of hydrogen-bond donors (Lipinski definition) is 1. The fraction of sp³-hybridized carbons (Fsp3) is 0. The van der Waals surface area contributed by atoms with E-state index in [1.54, 1.807) is 0 Å². The van der Waals surface area contributed by atoms with Crippen molar-refractivity contribution in [3.63, 3.8) is 0 Å². The molecule has 0 aromatic carbocycles. The smallest absolute Gasteiger partial charge is 0.328 e. The van der Waals surface area contributed by atoms with Gasteiger partial charge in [-0.1, -0.05) is 0 Å². The molecule has 0 atom stereocenters. The summed E-state index contributed by atoms with van der Waals surface area (Å²) in [7, 11) is -4.13. The van der Waals surface area contributed by atoms with Crippen molar-refractivity contribution in [3.05, 3.63) is 18.4 Å². The van der Waals surface area contributed by atoms with E-state index >= 15 is 0 Å². The molecule has 0 saturated carbocycles. The molecule has 0 aliphatic heterocycles. The van der Waals surface area contributed by atoms with Crippen LogP contribution in [0.3, 0.4) is 0 Å². The molecule has 10 heavy (non-hydrogen) atoms. The second kappa shape index (κ2) is 2.80. The zero-order valence-electron chi connectivity index (χ0n) is 4.72. The maximum Gasteiger partial charge on any atom is 0.328 e. The summed E-state index contributed by atoms with van der Waals surface area (Å²) in [5, 5.41) is -0.428. The molecule has 1 heterocycles. The normalized spacial score (nSPS) is 10.5. The van der Waals surface area contributed by atoms with Crippen molar-refractivity contribution >= 4 is 10.1 Å². The minimum absolute atomic E-state index is 0.